The standard InChI is InChI=1S/C15H16N2O4/c18-14(10-4-1-2-5-10)20-9-21-15(19)11-6-3-7-12-13(11)17-8-16-12/h3,6-8,10H,1-2,4-5,9H2,(H,16,17). The van der Waals surface area contributed by atoms with E-state index < -0.39 is 5.97 Å². The SMILES string of the molecule is O=C(OCOC(=O)C1CCCC1)c1cccc2[nH]cnc12. The number of benzene rings is 1. The summed E-state index contributed by atoms with van der Waals surface area (Å²) in [5.41, 5.74) is 1.66. The zero-order valence-electron chi connectivity index (χ0n) is 11.5. The van der Waals surface area contributed by atoms with Crippen molar-refractivity contribution in [2.75, 3.05) is 6.79 Å². The van der Waals surface area contributed by atoms with Crippen molar-refractivity contribution in [1.29, 1.82) is 0 Å². The number of ether oxygens (including phenoxy) is 2. The Morgan fingerprint density at radius 1 is 1.24 bits per heavy atom. The zero-order chi connectivity index (χ0) is 14.7. The van der Waals surface area contributed by atoms with Gasteiger partial charge in [0.05, 0.1) is 23.3 Å². The van der Waals surface area contributed by atoms with Crippen molar-refractivity contribution in [3.63, 3.8) is 0 Å². The van der Waals surface area contributed by atoms with Crippen LogP contribution in [0.1, 0.15) is 36.0 Å². The second-order valence-electron chi connectivity index (χ2n) is 5.10. The van der Waals surface area contributed by atoms with Gasteiger partial charge in [0.25, 0.3) is 0 Å². The van der Waals surface area contributed by atoms with E-state index in [9.17, 15) is 9.59 Å². The summed E-state index contributed by atoms with van der Waals surface area (Å²) < 4.78 is 10.0. The van der Waals surface area contributed by atoms with Crippen LogP contribution in [0.2, 0.25) is 0 Å². The van der Waals surface area contributed by atoms with E-state index >= 15 is 0 Å². The normalized spacial score (nSPS) is 15.2. The molecular formula is C15H16N2O4. The number of nitrogens with zero attached hydrogens (tertiary/aromatic N) is 1. The second-order valence-corrected chi connectivity index (χ2v) is 5.10. The summed E-state index contributed by atoms with van der Waals surface area (Å²) in [7, 11) is 0. The molecule has 0 amide bonds. The number of imidazole rings is 1. The lowest BCUT2D eigenvalue weighted by atomic mass is 10.1. The van der Waals surface area contributed by atoms with Gasteiger partial charge >= 0.3 is 11.9 Å². The largest absolute Gasteiger partial charge is 0.428 e. The van der Waals surface area contributed by atoms with Crippen LogP contribution in [0.25, 0.3) is 11.0 Å². The van der Waals surface area contributed by atoms with Gasteiger partial charge in [-0.2, -0.15) is 0 Å². The first-order valence-corrected chi connectivity index (χ1v) is 7.01. The third-order valence-electron chi connectivity index (χ3n) is 3.75. The third-order valence-corrected chi connectivity index (χ3v) is 3.75. The summed E-state index contributed by atoms with van der Waals surface area (Å²) >= 11 is 0. The molecule has 1 saturated carbocycles. The predicted octanol–water partition coefficient (Wildman–Crippen LogP) is 2.41. The van der Waals surface area contributed by atoms with Crippen molar-refractivity contribution in [2.24, 2.45) is 5.92 Å². The first-order valence-electron chi connectivity index (χ1n) is 7.01. The average molecular weight is 288 g/mol. The van der Waals surface area contributed by atoms with Gasteiger partial charge in [0.1, 0.15) is 5.52 Å². The maximum atomic E-state index is 12.0. The fourth-order valence-electron chi connectivity index (χ4n) is 2.63. The Kier molecular flexibility index (Phi) is 3.85. The molecule has 1 aromatic carbocycles. The van der Waals surface area contributed by atoms with Crippen molar-refractivity contribution in [2.45, 2.75) is 25.7 Å². The molecule has 0 unspecified atom stereocenters. The minimum Gasteiger partial charge on any atom is -0.428 e. The van der Waals surface area contributed by atoms with Crippen molar-refractivity contribution >= 4 is 23.0 Å². The molecule has 6 heteroatoms. The van der Waals surface area contributed by atoms with Crippen LogP contribution >= 0.6 is 0 Å². The van der Waals surface area contributed by atoms with Gasteiger partial charge in [0.15, 0.2) is 0 Å². The molecule has 0 aliphatic heterocycles. The van der Waals surface area contributed by atoms with Crippen molar-refractivity contribution in [1.82, 2.24) is 9.97 Å². The van der Waals surface area contributed by atoms with E-state index in [2.05, 4.69) is 9.97 Å². The number of aromatic nitrogens is 2. The van der Waals surface area contributed by atoms with Crippen LogP contribution in [0.15, 0.2) is 24.5 Å². The molecule has 1 N–H and O–H groups in total. The zero-order valence-corrected chi connectivity index (χ0v) is 11.5. The minimum absolute atomic E-state index is 0.0431. The fraction of sp³-hybridized carbons (Fsp3) is 0.400. The highest BCUT2D eigenvalue weighted by Gasteiger charge is 2.24. The van der Waals surface area contributed by atoms with Crippen LogP contribution < -0.4 is 0 Å². The highest BCUT2D eigenvalue weighted by molar-refractivity contribution is 6.01. The molecule has 21 heavy (non-hydrogen) atoms. The smallest absolute Gasteiger partial charge is 0.343 e. The van der Waals surface area contributed by atoms with Gasteiger partial charge in [0.2, 0.25) is 6.79 Å². The number of para-hydroxylation sites is 1. The predicted molar refractivity (Wildman–Crippen MR) is 74.4 cm³/mol. The van der Waals surface area contributed by atoms with E-state index in [0.29, 0.717) is 11.1 Å². The molecule has 0 radical (unpaired) electrons. The van der Waals surface area contributed by atoms with Gasteiger partial charge in [-0.25, -0.2) is 9.78 Å². The number of hydrogen-bond donors (Lipinski definition) is 1. The quantitative estimate of drug-likeness (QED) is 0.690. The Hall–Kier alpha value is -2.37. The van der Waals surface area contributed by atoms with E-state index in [-0.39, 0.29) is 18.7 Å². The molecule has 0 bridgehead atoms. The van der Waals surface area contributed by atoms with E-state index in [0.717, 1.165) is 31.2 Å². The van der Waals surface area contributed by atoms with Crippen LogP contribution in [0, 0.1) is 5.92 Å². The number of esters is 2. The number of aromatic amines is 1. The molecular weight excluding hydrogens is 272 g/mol. The minimum atomic E-state index is -0.549. The number of H-pyrrole nitrogens is 1. The Bertz CT molecular complexity index is 658. The lowest BCUT2D eigenvalue weighted by Crippen LogP contribution is -2.18. The number of fused-ring (bicyclic) bond motifs is 1. The topological polar surface area (TPSA) is 81.3 Å². The molecule has 1 heterocycles. The molecule has 1 aliphatic rings. The van der Waals surface area contributed by atoms with Gasteiger partial charge < -0.3 is 14.5 Å². The maximum absolute atomic E-state index is 12.0. The molecule has 110 valence electrons. The summed E-state index contributed by atoms with van der Waals surface area (Å²) in [6, 6.07) is 5.19. The first-order chi connectivity index (χ1) is 10.3. The van der Waals surface area contributed by atoms with Crippen LogP contribution in [0.3, 0.4) is 0 Å². The van der Waals surface area contributed by atoms with Crippen molar-refractivity contribution in [3.8, 4) is 0 Å². The van der Waals surface area contributed by atoms with Crippen LogP contribution in [0.5, 0.6) is 0 Å². The van der Waals surface area contributed by atoms with Crippen LogP contribution in [-0.4, -0.2) is 28.7 Å². The molecule has 3 rings (SSSR count). The molecule has 1 aliphatic carbocycles. The average Bonchev–Trinajstić information content (AvgIpc) is 3.17. The number of hydrogen-bond acceptors (Lipinski definition) is 5. The summed E-state index contributed by atoms with van der Waals surface area (Å²) in [4.78, 5) is 30.7. The summed E-state index contributed by atoms with van der Waals surface area (Å²) in [5, 5.41) is 0. The Labute approximate surface area is 121 Å². The number of carbonyl (C=O) groups is 2. The van der Waals surface area contributed by atoms with E-state index in [4.69, 9.17) is 9.47 Å². The molecule has 0 atom stereocenters. The molecule has 0 saturated heterocycles. The molecule has 1 fully saturated rings. The Morgan fingerprint density at radius 2 is 2.05 bits per heavy atom. The highest BCUT2D eigenvalue weighted by Crippen LogP contribution is 2.25. The maximum Gasteiger partial charge on any atom is 0.343 e. The van der Waals surface area contributed by atoms with E-state index in [1.807, 2.05) is 6.07 Å². The summed E-state index contributed by atoms with van der Waals surface area (Å²) in [6.45, 7) is -0.352. The summed E-state index contributed by atoms with van der Waals surface area (Å²) in [5.74, 6) is -0.872. The number of carbonyl (C=O) groups excluding carboxylic acids is 2. The first kappa shape index (κ1) is 13.6. The number of nitrogens with one attached hydrogen (secondary N) is 1. The third kappa shape index (κ3) is 2.89. The Morgan fingerprint density at radius 3 is 2.86 bits per heavy atom. The van der Waals surface area contributed by atoms with Gasteiger partial charge in [-0.05, 0) is 25.0 Å². The molecule has 1 aromatic heterocycles. The van der Waals surface area contributed by atoms with E-state index in [1.165, 1.54) is 6.33 Å². The van der Waals surface area contributed by atoms with Crippen LogP contribution in [0.4, 0.5) is 0 Å². The van der Waals surface area contributed by atoms with Crippen molar-refractivity contribution in [3.05, 3.63) is 30.1 Å². The second kappa shape index (κ2) is 5.95. The van der Waals surface area contributed by atoms with Gasteiger partial charge in [0, 0.05) is 0 Å². The van der Waals surface area contributed by atoms with Gasteiger partial charge in [-0.3, -0.25) is 4.79 Å². The van der Waals surface area contributed by atoms with Crippen molar-refractivity contribution < 1.29 is 19.1 Å². The van der Waals surface area contributed by atoms with E-state index in [1.54, 1.807) is 12.1 Å². The highest BCUT2D eigenvalue weighted by atomic mass is 16.7. The molecule has 0 spiro atoms. The fourth-order valence-corrected chi connectivity index (χ4v) is 2.63. The van der Waals surface area contributed by atoms with Crippen LogP contribution in [-0.2, 0) is 14.3 Å². The monoisotopic (exact) mass is 288 g/mol. The van der Waals surface area contributed by atoms with Gasteiger partial charge in [-0.1, -0.05) is 18.9 Å². The molecule has 6 nitrogen and oxygen atoms in total. The van der Waals surface area contributed by atoms with Gasteiger partial charge in [-0.15, -0.1) is 0 Å². The lowest BCUT2D eigenvalue weighted by molar-refractivity contribution is -0.156. The Balaban J connectivity index is 1.57. The molecule has 2 aromatic rings. The summed E-state index contributed by atoms with van der Waals surface area (Å²) in [6.07, 6.45) is 5.35. The number of rotatable bonds is 4. The lowest BCUT2D eigenvalue weighted by Gasteiger charge is -2.10.